The lowest BCUT2D eigenvalue weighted by Gasteiger charge is -2.18. The summed E-state index contributed by atoms with van der Waals surface area (Å²) in [5, 5.41) is 0. The zero-order valence-electron chi connectivity index (χ0n) is 15.3. The van der Waals surface area contributed by atoms with Gasteiger partial charge in [-0.25, -0.2) is 0 Å². The van der Waals surface area contributed by atoms with Crippen LogP contribution < -0.4 is 4.74 Å². The summed E-state index contributed by atoms with van der Waals surface area (Å²) in [7, 11) is 1.86. The summed E-state index contributed by atoms with van der Waals surface area (Å²) in [4.78, 5) is 0. The molecule has 0 heterocycles. The minimum absolute atomic E-state index is 0.706. The molecule has 0 aromatic heterocycles. The van der Waals surface area contributed by atoms with Gasteiger partial charge in [0.25, 0.3) is 0 Å². The van der Waals surface area contributed by atoms with Gasteiger partial charge in [-0.05, 0) is 65.3 Å². The maximum atomic E-state index is 5.96. The Labute approximate surface area is 151 Å². The Bertz CT molecular complexity index is 792. The molecule has 3 aliphatic rings. The fourth-order valence-electron chi connectivity index (χ4n) is 5.60. The Kier molecular flexibility index (Phi) is 3.84. The molecule has 0 aliphatic heterocycles. The highest BCUT2D eigenvalue weighted by Gasteiger charge is 2.28. The maximum absolute atomic E-state index is 5.96. The molecule has 0 bridgehead atoms. The molecule has 130 valence electrons. The first kappa shape index (κ1) is 15.5. The monoisotopic (exact) mass is 332 g/mol. The first-order chi connectivity index (χ1) is 12.3. The summed E-state index contributed by atoms with van der Waals surface area (Å²) in [6, 6.07) is 12.0. The lowest BCUT2D eigenvalue weighted by molar-refractivity contribution is 0.402. The van der Waals surface area contributed by atoms with Crippen LogP contribution in [0.25, 0.3) is 11.1 Å². The van der Waals surface area contributed by atoms with Gasteiger partial charge in [0.1, 0.15) is 5.75 Å². The lowest BCUT2D eigenvalue weighted by atomic mass is 9.92. The van der Waals surface area contributed by atoms with Crippen molar-refractivity contribution in [3.63, 3.8) is 0 Å². The molecule has 0 unspecified atom stereocenters. The quantitative estimate of drug-likeness (QED) is 0.526. The highest BCUT2D eigenvalue weighted by molar-refractivity contribution is 5.80. The van der Waals surface area contributed by atoms with E-state index in [1.54, 1.807) is 5.56 Å². The van der Waals surface area contributed by atoms with Crippen LogP contribution in [0.4, 0.5) is 0 Å². The van der Waals surface area contributed by atoms with Crippen molar-refractivity contribution in [2.75, 3.05) is 7.11 Å². The van der Waals surface area contributed by atoms with Gasteiger partial charge >= 0.3 is 0 Å². The minimum Gasteiger partial charge on any atom is -0.496 e. The van der Waals surface area contributed by atoms with Crippen molar-refractivity contribution < 1.29 is 4.74 Å². The van der Waals surface area contributed by atoms with Gasteiger partial charge in [-0.3, -0.25) is 0 Å². The topological polar surface area (TPSA) is 9.23 Å². The van der Waals surface area contributed by atoms with Gasteiger partial charge in [0, 0.05) is 12.0 Å². The Morgan fingerprint density at radius 2 is 1.48 bits per heavy atom. The summed E-state index contributed by atoms with van der Waals surface area (Å²) in [5.41, 5.74) is 8.83. The van der Waals surface area contributed by atoms with E-state index >= 15 is 0 Å². The van der Waals surface area contributed by atoms with Crippen LogP contribution in [-0.2, 0) is 6.42 Å². The number of ether oxygens (including phenoxy) is 1. The van der Waals surface area contributed by atoms with Crippen LogP contribution in [0.2, 0.25) is 0 Å². The van der Waals surface area contributed by atoms with E-state index in [4.69, 9.17) is 4.74 Å². The Morgan fingerprint density at radius 1 is 0.800 bits per heavy atom. The zero-order valence-corrected chi connectivity index (χ0v) is 15.3. The van der Waals surface area contributed by atoms with E-state index in [-0.39, 0.29) is 0 Å². The second-order valence-corrected chi connectivity index (χ2v) is 8.27. The average molecular weight is 332 g/mol. The smallest absolute Gasteiger partial charge is 0.126 e. The van der Waals surface area contributed by atoms with E-state index in [2.05, 4.69) is 30.3 Å². The second kappa shape index (κ2) is 6.20. The van der Waals surface area contributed by atoms with Crippen LogP contribution in [0.5, 0.6) is 5.75 Å². The van der Waals surface area contributed by atoms with Gasteiger partial charge in [-0.2, -0.15) is 0 Å². The van der Waals surface area contributed by atoms with Crippen LogP contribution in [0.15, 0.2) is 30.3 Å². The lowest BCUT2D eigenvalue weighted by Crippen LogP contribution is -2.00. The maximum Gasteiger partial charge on any atom is 0.126 e. The predicted molar refractivity (Wildman–Crippen MR) is 104 cm³/mol. The van der Waals surface area contributed by atoms with E-state index in [9.17, 15) is 0 Å². The van der Waals surface area contributed by atoms with Crippen LogP contribution in [0.1, 0.15) is 85.5 Å². The zero-order chi connectivity index (χ0) is 16.8. The summed E-state index contributed by atoms with van der Waals surface area (Å²) >= 11 is 0. The third kappa shape index (κ3) is 2.51. The Hall–Kier alpha value is -1.76. The number of rotatable bonds is 3. The Morgan fingerprint density at radius 3 is 2.20 bits per heavy atom. The first-order valence-electron chi connectivity index (χ1n) is 10.2. The Balaban J connectivity index is 1.54. The number of methoxy groups -OCH3 is 1. The van der Waals surface area contributed by atoms with Gasteiger partial charge in [-0.15, -0.1) is 0 Å². The first-order valence-corrected chi connectivity index (χ1v) is 10.2. The van der Waals surface area contributed by atoms with Crippen LogP contribution in [0, 0.1) is 0 Å². The molecule has 1 nitrogen and oxygen atoms in total. The molecule has 2 saturated carbocycles. The molecule has 2 aromatic rings. The summed E-state index contributed by atoms with van der Waals surface area (Å²) in [6.45, 7) is 0. The molecule has 2 fully saturated rings. The van der Waals surface area contributed by atoms with Crippen LogP contribution in [0.3, 0.4) is 0 Å². The molecule has 0 saturated heterocycles. The van der Waals surface area contributed by atoms with Crippen molar-refractivity contribution in [3.05, 3.63) is 52.6 Å². The van der Waals surface area contributed by atoms with Crippen LogP contribution in [-0.4, -0.2) is 7.11 Å². The van der Waals surface area contributed by atoms with Gasteiger partial charge in [0.2, 0.25) is 0 Å². The van der Waals surface area contributed by atoms with E-state index in [0.717, 1.165) is 12.3 Å². The van der Waals surface area contributed by atoms with Crippen molar-refractivity contribution in [2.24, 2.45) is 0 Å². The van der Waals surface area contributed by atoms with Gasteiger partial charge in [-0.1, -0.05) is 56.0 Å². The third-order valence-corrected chi connectivity index (χ3v) is 6.90. The third-order valence-electron chi connectivity index (χ3n) is 6.90. The largest absolute Gasteiger partial charge is 0.496 e. The molecule has 0 radical (unpaired) electrons. The molecular weight excluding hydrogens is 304 g/mol. The molecular formula is C24H28O. The van der Waals surface area contributed by atoms with Crippen molar-refractivity contribution in [1.82, 2.24) is 0 Å². The average Bonchev–Trinajstić information content (AvgIpc) is 3.40. The fourth-order valence-corrected chi connectivity index (χ4v) is 5.60. The van der Waals surface area contributed by atoms with Crippen molar-refractivity contribution >= 4 is 0 Å². The highest BCUT2D eigenvalue weighted by Crippen LogP contribution is 2.48. The molecule has 0 spiro atoms. The van der Waals surface area contributed by atoms with Gasteiger partial charge in [0.15, 0.2) is 0 Å². The number of hydrogen-bond donors (Lipinski definition) is 0. The fraction of sp³-hybridized carbons (Fsp3) is 0.500. The summed E-state index contributed by atoms with van der Waals surface area (Å²) in [5.74, 6) is 2.69. The number of benzene rings is 2. The molecule has 1 heteroatoms. The molecule has 0 atom stereocenters. The summed E-state index contributed by atoms with van der Waals surface area (Å²) in [6.07, 6.45) is 12.0. The number of hydrogen-bond acceptors (Lipinski definition) is 1. The van der Waals surface area contributed by atoms with Gasteiger partial charge < -0.3 is 4.74 Å². The molecule has 3 aliphatic carbocycles. The van der Waals surface area contributed by atoms with E-state index in [1.807, 2.05) is 7.11 Å². The molecule has 25 heavy (non-hydrogen) atoms. The van der Waals surface area contributed by atoms with Crippen molar-refractivity contribution in [3.8, 4) is 16.9 Å². The van der Waals surface area contributed by atoms with Crippen molar-refractivity contribution in [2.45, 2.75) is 69.6 Å². The van der Waals surface area contributed by atoms with Crippen molar-refractivity contribution in [1.29, 1.82) is 0 Å². The summed E-state index contributed by atoms with van der Waals surface area (Å²) < 4.78 is 5.96. The normalized spacial score (nSPS) is 20.0. The van der Waals surface area contributed by atoms with E-state index in [1.165, 1.54) is 84.9 Å². The van der Waals surface area contributed by atoms with E-state index < -0.39 is 0 Å². The standard InChI is InChI=1S/C24H28O/c1-25-24-21(17-8-4-5-9-17)12-13-22-20-11-10-18(16-6-2-3-7-16)14-19(20)15-23(22)24/h10-14,16-17H,2-9,15H2,1H3. The molecule has 0 N–H and O–H groups in total. The highest BCUT2D eigenvalue weighted by atomic mass is 16.5. The second-order valence-electron chi connectivity index (χ2n) is 8.27. The SMILES string of the molecule is COc1c(C2CCCC2)ccc2c1Cc1cc(C3CCCC3)ccc1-2. The molecule has 5 rings (SSSR count). The number of fused-ring (bicyclic) bond motifs is 3. The predicted octanol–water partition coefficient (Wildman–Crippen LogP) is 6.58. The van der Waals surface area contributed by atoms with Gasteiger partial charge in [0.05, 0.1) is 7.11 Å². The molecule has 0 amide bonds. The van der Waals surface area contributed by atoms with E-state index in [0.29, 0.717) is 5.92 Å². The minimum atomic E-state index is 0.706. The molecule has 2 aromatic carbocycles. The van der Waals surface area contributed by atoms with Crippen LogP contribution >= 0.6 is 0 Å².